The van der Waals surface area contributed by atoms with Gasteiger partial charge in [-0.3, -0.25) is 4.79 Å². The molecule has 3 aromatic carbocycles. The van der Waals surface area contributed by atoms with Crippen molar-refractivity contribution in [2.75, 3.05) is 31.0 Å². The molecule has 0 fully saturated rings. The van der Waals surface area contributed by atoms with Gasteiger partial charge >= 0.3 is 0 Å². The van der Waals surface area contributed by atoms with E-state index in [1.54, 1.807) is 25.3 Å². The minimum Gasteiger partial charge on any atom is -0.496 e. The van der Waals surface area contributed by atoms with Crippen molar-refractivity contribution in [3.05, 3.63) is 78.4 Å². The Morgan fingerprint density at radius 2 is 1.69 bits per heavy atom. The number of ether oxygens (including phenoxy) is 3. The monoisotopic (exact) mass is 427 g/mol. The number of anilines is 3. The van der Waals surface area contributed by atoms with Gasteiger partial charge in [0.25, 0.3) is 5.91 Å². The molecule has 0 aliphatic carbocycles. The van der Waals surface area contributed by atoms with Crippen molar-refractivity contribution in [3.8, 4) is 17.2 Å². The molecule has 7 heteroatoms. The molecule has 0 spiro atoms. The summed E-state index contributed by atoms with van der Waals surface area (Å²) in [6.07, 6.45) is 0. The maximum absolute atomic E-state index is 12.6. The number of fused-ring (bicyclic) bond motifs is 2. The van der Waals surface area contributed by atoms with E-state index >= 15 is 0 Å². The van der Waals surface area contributed by atoms with Crippen LogP contribution in [0.4, 0.5) is 17.2 Å². The third-order valence-electron chi connectivity index (χ3n) is 5.13. The number of nitrogens with zero attached hydrogens (tertiary/aromatic N) is 1. The Morgan fingerprint density at radius 3 is 2.50 bits per heavy atom. The number of pyridine rings is 1. The normalized spacial score (nSPS) is 12.3. The predicted molar refractivity (Wildman–Crippen MR) is 123 cm³/mol. The lowest BCUT2D eigenvalue weighted by molar-refractivity contribution is 0.102. The number of benzene rings is 3. The van der Waals surface area contributed by atoms with Crippen molar-refractivity contribution in [2.45, 2.75) is 0 Å². The Balaban J connectivity index is 1.27. The average molecular weight is 427 g/mol. The van der Waals surface area contributed by atoms with Crippen LogP contribution in [-0.2, 0) is 0 Å². The largest absolute Gasteiger partial charge is 0.496 e. The van der Waals surface area contributed by atoms with Gasteiger partial charge in [-0.05, 0) is 66.7 Å². The summed E-state index contributed by atoms with van der Waals surface area (Å²) in [6.45, 7) is 0.994. The minimum absolute atomic E-state index is 0.215. The molecule has 0 radical (unpaired) electrons. The number of methoxy groups -OCH3 is 1. The molecule has 5 rings (SSSR count). The standard InChI is InChI=1S/C25H21N3O4/c1-30-21-4-2-3-20-19(21)10-12-24(28-20)26-17-6-8-18(9-7-17)27-25(29)16-5-11-22-23(15-16)32-14-13-31-22/h2-12,15H,13-14H2,1H3,(H,26,28)(H,27,29). The highest BCUT2D eigenvalue weighted by molar-refractivity contribution is 6.04. The van der Waals surface area contributed by atoms with Gasteiger partial charge in [-0.15, -0.1) is 0 Å². The lowest BCUT2D eigenvalue weighted by Crippen LogP contribution is -2.17. The highest BCUT2D eigenvalue weighted by Gasteiger charge is 2.15. The Morgan fingerprint density at radius 1 is 0.906 bits per heavy atom. The van der Waals surface area contributed by atoms with Gasteiger partial charge in [-0.2, -0.15) is 0 Å². The molecule has 0 atom stereocenters. The van der Waals surface area contributed by atoms with E-state index in [9.17, 15) is 4.79 Å². The molecular formula is C25H21N3O4. The van der Waals surface area contributed by atoms with Crippen LogP contribution in [-0.4, -0.2) is 31.2 Å². The van der Waals surface area contributed by atoms with Crippen molar-refractivity contribution in [3.63, 3.8) is 0 Å². The minimum atomic E-state index is -0.215. The van der Waals surface area contributed by atoms with E-state index < -0.39 is 0 Å². The van der Waals surface area contributed by atoms with E-state index in [0.717, 1.165) is 28.2 Å². The predicted octanol–water partition coefficient (Wildman–Crippen LogP) is 5.01. The molecule has 1 amide bonds. The lowest BCUT2D eigenvalue weighted by Gasteiger charge is -2.18. The van der Waals surface area contributed by atoms with Crippen LogP contribution in [0.3, 0.4) is 0 Å². The van der Waals surface area contributed by atoms with Gasteiger partial charge in [0.2, 0.25) is 0 Å². The summed E-state index contributed by atoms with van der Waals surface area (Å²) in [5.74, 6) is 2.54. The SMILES string of the molecule is COc1cccc2nc(Nc3ccc(NC(=O)c4ccc5c(c4)OCCO5)cc3)ccc12. The van der Waals surface area contributed by atoms with Gasteiger partial charge in [0.05, 0.1) is 12.6 Å². The van der Waals surface area contributed by atoms with Crippen LogP contribution in [0.25, 0.3) is 10.9 Å². The van der Waals surface area contributed by atoms with Gasteiger partial charge in [0.1, 0.15) is 24.8 Å². The van der Waals surface area contributed by atoms with Gasteiger partial charge in [0, 0.05) is 22.3 Å². The molecule has 4 aromatic rings. The number of carbonyl (C=O) groups excluding carboxylic acids is 1. The number of carbonyl (C=O) groups is 1. The summed E-state index contributed by atoms with van der Waals surface area (Å²) in [5, 5.41) is 7.14. The lowest BCUT2D eigenvalue weighted by atomic mass is 10.1. The number of hydrogen-bond donors (Lipinski definition) is 2. The van der Waals surface area contributed by atoms with Crippen LogP contribution in [0, 0.1) is 0 Å². The first-order valence-electron chi connectivity index (χ1n) is 10.2. The number of rotatable bonds is 5. The Kier molecular flexibility index (Phi) is 5.21. The molecule has 2 heterocycles. The van der Waals surface area contributed by atoms with Crippen molar-refractivity contribution >= 4 is 34.0 Å². The second-order valence-corrected chi connectivity index (χ2v) is 7.24. The van der Waals surface area contributed by atoms with Crippen molar-refractivity contribution in [2.24, 2.45) is 0 Å². The fraction of sp³-hybridized carbons (Fsp3) is 0.120. The fourth-order valence-corrected chi connectivity index (χ4v) is 3.55. The number of nitrogens with one attached hydrogen (secondary N) is 2. The van der Waals surface area contributed by atoms with Crippen LogP contribution in [0.15, 0.2) is 72.8 Å². The molecule has 0 bridgehead atoms. The second kappa shape index (κ2) is 8.47. The summed E-state index contributed by atoms with van der Waals surface area (Å²) in [7, 11) is 1.65. The summed E-state index contributed by atoms with van der Waals surface area (Å²) in [4.78, 5) is 17.3. The summed E-state index contributed by atoms with van der Waals surface area (Å²) < 4.78 is 16.4. The summed E-state index contributed by atoms with van der Waals surface area (Å²) >= 11 is 0. The van der Waals surface area contributed by atoms with E-state index in [0.29, 0.717) is 36.0 Å². The number of aromatic nitrogens is 1. The third kappa shape index (κ3) is 4.00. The molecule has 0 saturated carbocycles. The molecule has 1 aliphatic heterocycles. The quantitative estimate of drug-likeness (QED) is 0.466. The van der Waals surface area contributed by atoms with Crippen LogP contribution >= 0.6 is 0 Å². The molecule has 0 saturated heterocycles. The number of hydrogen-bond acceptors (Lipinski definition) is 6. The first kappa shape index (κ1) is 19.7. The first-order chi connectivity index (χ1) is 15.7. The van der Waals surface area contributed by atoms with E-state index in [1.165, 1.54) is 0 Å². The molecule has 1 aliphatic rings. The molecular weight excluding hydrogens is 406 g/mol. The molecule has 32 heavy (non-hydrogen) atoms. The Labute approximate surface area is 185 Å². The highest BCUT2D eigenvalue weighted by atomic mass is 16.6. The molecule has 1 aromatic heterocycles. The average Bonchev–Trinajstić information content (AvgIpc) is 2.84. The third-order valence-corrected chi connectivity index (χ3v) is 5.13. The van der Waals surface area contributed by atoms with E-state index in [1.807, 2.05) is 54.6 Å². The maximum atomic E-state index is 12.6. The van der Waals surface area contributed by atoms with Crippen molar-refractivity contribution < 1.29 is 19.0 Å². The second-order valence-electron chi connectivity index (χ2n) is 7.24. The van der Waals surface area contributed by atoms with E-state index in [2.05, 4.69) is 15.6 Å². The zero-order valence-corrected chi connectivity index (χ0v) is 17.4. The van der Waals surface area contributed by atoms with E-state index in [4.69, 9.17) is 14.2 Å². The Hall–Kier alpha value is -4.26. The highest BCUT2D eigenvalue weighted by Crippen LogP contribution is 2.31. The number of amides is 1. The van der Waals surface area contributed by atoms with E-state index in [-0.39, 0.29) is 5.91 Å². The zero-order valence-electron chi connectivity index (χ0n) is 17.4. The molecule has 2 N–H and O–H groups in total. The first-order valence-corrected chi connectivity index (χ1v) is 10.2. The summed E-state index contributed by atoms with van der Waals surface area (Å²) in [5.41, 5.74) is 2.90. The fourth-order valence-electron chi connectivity index (χ4n) is 3.55. The van der Waals surface area contributed by atoms with Crippen LogP contribution in [0.1, 0.15) is 10.4 Å². The Bertz CT molecular complexity index is 1290. The van der Waals surface area contributed by atoms with Crippen LogP contribution < -0.4 is 24.8 Å². The van der Waals surface area contributed by atoms with Crippen LogP contribution in [0.5, 0.6) is 17.2 Å². The van der Waals surface area contributed by atoms with Crippen LogP contribution in [0.2, 0.25) is 0 Å². The molecule has 160 valence electrons. The molecule has 0 unspecified atom stereocenters. The van der Waals surface area contributed by atoms with Gasteiger partial charge in [-0.1, -0.05) is 6.07 Å². The maximum Gasteiger partial charge on any atom is 0.255 e. The smallest absolute Gasteiger partial charge is 0.255 e. The van der Waals surface area contributed by atoms with Crippen molar-refractivity contribution in [1.82, 2.24) is 4.98 Å². The molecule has 7 nitrogen and oxygen atoms in total. The van der Waals surface area contributed by atoms with Gasteiger partial charge in [0.15, 0.2) is 11.5 Å². The van der Waals surface area contributed by atoms with Gasteiger partial charge in [-0.25, -0.2) is 4.98 Å². The zero-order chi connectivity index (χ0) is 21.9. The summed E-state index contributed by atoms with van der Waals surface area (Å²) in [6, 6.07) is 22.3. The topological polar surface area (TPSA) is 81.7 Å². The van der Waals surface area contributed by atoms with Gasteiger partial charge < -0.3 is 24.8 Å². The van der Waals surface area contributed by atoms with Crippen molar-refractivity contribution in [1.29, 1.82) is 0 Å².